The highest BCUT2D eigenvalue weighted by Gasteiger charge is 2.22. The minimum absolute atomic E-state index is 0.392. The van der Waals surface area contributed by atoms with Gasteiger partial charge in [-0.3, -0.25) is 0 Å². The van der Waals surface area contributed by atoms with E-state index >= 15 is 0 Å². The standard InChI is InChI=1S/C12H21N3OS/c1-9-15-10(8-17-9)3-4-13-6-11-5-12(16-2)7-14-11/h8,11-14H,3-7H2,1-2H3. The van der Waals surface area contributed by atoms with Gasteiger partial charge in [-0.1, -0.05) is 0 Å². The molecule has 1 fully saturated rings. The smallest absolute Gasteiger partial charge is 0.0897 e. The third-order valence-corrected chi connectivity index (χ3v) is 3.95. The maximum Gasteiger partial charge on any atom is 0.0897 e. The van der Waals surface area contributed by atoms with Crippen molar-refractivity contribution in [2.75, 3.05) is 26.7 Å². The Hall–Kier alpha value is -0.490. The summed E-state index contributed by atoms with van der Waals surface area (Å²) in [6.07, 6.45) is 2.52. The fraction of sp³-hybridized carbons (Fsp3) is 0.750. The van der Waals surface area contributed by atoms with Gasteiger partial charge in [0.25, 0.3) is 0 Å². The van der Waals surface area contributed by atoms with Gasteiger partial charge < -0.3 is 15.4 Å². The second kappa shape index (κ2) is 6.44. The van der Waals surface area contributed by atoms with Gasteiger partial charge in [0.2, 0.25) is 0 Å². The number of thiazole rings is 1. The van der Waals surface area contributed by atoms with Crippen LogP contribution in [-0.4, -0.2) is 43.9 Å². The number of methoxy groups -OCH3 is 1. The van der Waals surface area contributed by atoms with Gasteiger partial charge in [-0.05, 0) is 13.3 Å². The predicted molar refractivity (Wildman–Crippen MR) is 70.6 cm³/mol. The highest BCUT2D eigenvalue weighted by atomic mass is 32.1. The molecule has 17 heavy (non-hydrogen) atoms. The van der Waals surface area contributed by atoms with E-state index in [0.717, 1.165) is 37.5 Å². The minimum atomic E-state index is 0.392. The number of ether oxygens (including phenoxy) is 1. The quantitative estimate of drug-likeness (QED) is 0.743. The van der Waals surface area contributed by atoms with Crippen molar-refractivity contribution >= 4 is 11.3 Å². The average molecular weight is 255 g/mol. The molecule has 0 radical (unpaired) electrons. The first kappa shape index (κ1) is 13.0. The molecule has 2 unspecified atom stereocenters. The summed E-state index contributed by atoms with van der Waals surface area (Å²) in [5, 5.41) is 10.2. The van der Waals surface area contributed by atoms with Gasteiger partial charge in [0.1, 0.15) is 0 Å². The van der Waals surface area contributed by atoms with E-state index in [-0.39, 0.29) is 0 Å². The number of hydrogen-bond donors (Lipinski definition) is 2. The molecule has 0 aliphatic carbocycles. The Kier molecular flexibility index (Phi) is 4.91. The number of hydrogen-bond acceptors (Lipinski definition) is 5. The normalized spacial score (nSPS) is 24.4. The van der Waals surface area contributed by atoms with E-state index in [1.165, 1.54) is 5.69 Å². The van der Waals surface area contributed by atoms with E-state index in [4.69, 9.17) is 4.74 Å². The molecule has 0 aromatic carbocycles. The zero-order valence-corrected chi connectivity index (χ0v) is 11.3. The molecule has 2 rings (SSSR count). The molecule has 1 aliphatic rings. The molecule has 2 heterocycles. The second-order valence-electron chi connectivity index (χ2n) is 4.51. The molecule has 1 aliphatic heterocycles. The lowest BCUT2D eigenvalue weighted by molar-refractivity contribution is 0.117. The van der Waals surface area contributed by atoms with Crippen LogP contribution in [0.25, 0.3) is 0 Å². The summed E-state index contributed by atoms with van der Waals surface area (Å²) >= 11 is 1.72. The Morgan fingerprint density at radius 3 is 3.18 bits per heavy atom. The van der Waals surface area contributed by atoms with Crippen LogP contribution in [0.1, 0.15) is 17.1 Å². The third kappa shape index (κ3) is 4.03. The number of nitrogens with one attached hydrogen (secondary N) is 2. The van der Waals surface area contributed by atoms with Crippen molar-refractivity contribution in [2.45, 2.75) is 31.9 Å². The van der Waals surface area contributed by atoms with Gasteiger partial charge in [0.05, 0.1) is 16.8 Å². The van der Waals surface area contributed by atoms with Crippen LogP contribution in [0.5, 0.6) is 0 Å². The van der Waals surface area contributed by atoms with Gasteiger partial charge in [-0.15, -0.1) is 11.3 Å². The number of aromatic nitrogens is 1. The first-order valence-corrected chi connectivity index (χ1v) is 7.04. The first-order valence-electron chi connectivity index (χ1n) is 6.16. The molecule has 2 atom stereocenters. The van der Waals surface area contributed by atoms with Crippen molar-refractivity contribution in [2.24, 2.45) is 0 Å². The van der Waals surface area contributed by atoms with Crippen LogP contribution in [0.15, 0.2) is 5.38 Å². The average Bonchev–Trinajstić information content (AvgIpc) is 2.93. The third-order valence-electron chi connectivity index (χ3n) is 3.13. The topological polar surface area (TPSA) is 46.2 Å². The Labute approximate surface area is 107 Å². The van der Waals surface area contributed by atoms with E-state index in [2.05, 4.69) is 27.9 Å². The van der Waals surface area contributed by atoms with E-state index in [0.29, 0.717) is 12.1 Å². The molecule has 1 aromatic rings. The summed E-state index contributed by atoms with van der Waals surface area (Å²) in [6.45, 7) is 5.05. The van der Waals surface area contributed by atoms with Gasteiger partial charge in [-0.2, -0.15) is 0 Å². The maximum absolute atomic E-state index is 5.32. The van der Waals surface area contributed by atoms with Crippen LogP contribution >= 0.6 is 11.3 Å². The molecule has 0 bridgehead atoms. The van der Waals surface area contributed by atoms with Crippen molar-refractivity contribution < 1.29 is 4.74 Å². The van der Waals surface area contributed by atoms with Crippen LogP contribution in [0.2, 0.25) is 0 Å². The fourth-order valence-corrected chi connectivity index (χ4v) is 2.78. The summed E-state index contributed by atoms with van der Waals surface area (Å²) in [5.41, 5.74) is 1.20. The molecular formula is C12H21N3OS. The van der Waals surface area contributed by atoms with Crippen LogP contribution < -0.4 is 10.6 Å². The summed E-state index contributed by atoms with van der Waals surface area (Å²) in [7, 11) is 1.78. The summed E-state index contributed by atoms with van der Waals surface area (Å²) < 4.78 is 5.32. The summed E-state index contributed by atoms with van der Waals surface area (Å²) in [6, 6.07) is 0.553. The Morgan fingerprint density at radius 2 is 2.53 bits per heavy atom. The second-order valence-corrected chi connectivity index (χ2v) is 5.57. The Bertz CT molecular complexity index is 342. The van der Waals surface area contributed by atoms with Crippen molar-refractivity contribution in [1.29, 1.82) is 0 Å². The lowest BCUT2D eigenvalue weighted by Crippen LogP contribution is -2.34. The lowest BCUT2D eigenvalue weighted by Gasteiger charge is -2.11. The molecule has 0 amide bonds. The molecule has 0 spiro atoms. The van der Waals surface area contributed by atoms with Gasteiger partial charge in [0, 0.05) is 44.6 Å². The zero-order chi connectivity index (χ0) is 12.1. The molecule has 2 N–H and O–H groups in total. The van der Waals surface area contributed by atoms with E-state index in [1.807, 2.05) is 0 Å². The summed E-state index contributed by atoms with van der Waals surface area (Å²) in [4.78, 5) is 4.45. The first-order chi connectivity index (χ1) is 8.28. The van der Waals surface area contributed by atoms with Crippen LogP contribution in [0.4, 0.5) is 0 Å². The minimum Gasteiger partial charge on any atom is -0.380 e. The van der Waals surface area contributed by atoms with E-state index < -0.39 is 0 Å². The van der Waals surface area contributed by atoms with Crippen LogP contribution in [-0.2, 0) is 11.2 Å². The molecule has 1 aromatic heterocycles. The van der Waals surface area contributed by atoms with Crippen molar-refractivity contribution in [1.82, 2.24) is 15.6 Å². The van der Waals surface area contributed by atoms with Gasteiger partial charge in [0.15, 0.2) is 0 Å². The van der Waals surface area contributed by atoms with Crippen molar-refractivity contribution in [3.8, 4) is 0 Å². The summed E-state index contributed by atoms with van der Waals surface area (Å²) in [5.74, 6) is 0. The lowest BCUT2D eigenvalue weighted by atomic mass is 10.2. The van der Waals surface area contributed by atoms with E-state index in [1.54, 1.807) is 18.4 Å². The SMILES string of the molecule is COC1CNC(CNCCc2csc(C)n2)C1. The van der Waals surface area contributed by atoms with Gasteiger partial charge >= 0.3 is 0 Å². The van der Waals surface area contributed by atoms with Crippen molar-refractivity contribution in [3.63, 3.8) is 0 Å². The molecule has 5 heteroatoms. The zero-order valence-electron chi connectivity index (χ0n) is 10.5. The molecule has 4 nitrogen and oxygen atoms in total. The molecule has 96 valence electrons. The largest absolute Gasteiger partial charge is 0.380 e. The predicted octanol–water partition coefficient (Wildman–Crippen LogP) is 0.961. The molecule has 1 saturated heterocycles. The molecule has 0 saturated carbocycles. The Morgan fingerprint density at radius 1 is 1.65 bits per heavy atom. The Balaban J connectivity index is 1.57. The number of nitrogens with zero attached hydrogens (tertiary/aromatic N) is 1. The molecular weight excluding hydrogens is 234 g/mol. The van der Waals surface area contributed by atoms with E-state index in [9.17, 15) is 0 Å². The van der Waals surface area contributed by atoms with Crippen molar-refractivity contribution in [3.05, 3.63) is 16.1 Å². The monoisotopic (exact) mass is 255 g/mol. The van der Waals surface area contributed by atoms with Gasteiger partial charge in [-0.25, -0.2) is 4.98 Å². The number of aryl methyl sites for hydroxylation is 1. The van der Waals surface area contributed by atoms with Crippen LogP contribution in [0, 0.1) is 6.92 Å². The number of rotatable bonds is 6. The highest BCUT2D eigenvalue weighted by Crippen LogP contribution is 2.09. The fourth-order valence-electron chi connectivity index (χ4n) is 2.13. The highest BCUT2D eigenvalue weighted by molar-refractivity contribution is 7.09. The van der Waals surface area contributed by atoms with Crippen LogP contribution in [0.3, 0.4) is 0 Å². The maximum atomic E-state index is 5.32.